The summed E-state index contributed by atoms with van der Waals surface area (Å²) in [6.07, 6.45) is 0.506. The molecule has 4 aromatic rings. The molecular weight excluding hydrogens is 404 g/mol. The lowest BCUT2D eigenvalue weighted by atomic mass is 10.1. The zero-order valence-corrected chi connectivity index (χ0v) is 17.9. The fraction of sp³-hybridized carbons (Fsp3) is 0.160. The SMILES string of the molecule is COc1ccc(NC(=O)NC(Cc2ccccc2)c2nc(-c3cccc(C)c3)no2)cc1. The van der Waals surface area contributed by atoms with E-state index >= 15 is 0 Å². The second-order valence-electron chi connectivity index (χ2n) is 7.39. The third-order valence-electron chi connectivity index (χ3n) is 4.95. The van der Waals surface area contributed by atoms with Gasteiger partial charge in [-0.25, -0.2) is 4.79 Å². The predicted molar refractivity (Wildman–Crippen MR) is 123 cm³/mol. The molecule has 1 unspecified atom stereocenters. The fourth-order valence-electron chi connectivity index (χ4n) is 3.33. The van der Waals surface area contributed by atoms with Gasteiger partial charge in [-0.05, 0) is 42.8 Å². The van der Waals surface area contributed by atoms with Crippen LogP contribution in [0.15, 0.2) is 83.4 Å². The van der Waals surface area contributed by atoms with Crippen molar-refractivity contribution in [2.24, 2.45) is 0 Å². The Kier molecular flexibility index (Phi) is 6.46. The molecule has 0 aliphatic carbocycles. The van der Waals surface area contributed by atoms with E-state index in [4.69, 9.17) is 9.26 Å². The van der Waals surface area contributed by atoms with E-state index in [1.807, 2.05) is 61.5 Å². The molecule has 1 aromatic heterocycles. The Morgan fingerprint density at radius 1 is 1.03 bits per heavy atom. The van der Waals surface area contributed by atoms with Gasteiger partial charge < -0.3 is 19.9 Å². The monoisotopic (exact) mass is 428 g/mol. The summed E-state index contributed by atoms with van der Waals surface area (Å²) in [5.41, 5.74) is 3.65. The lowest BCUT2D eigenvalue weighted by Crippen LogP contribution is -2.34. The molecule has 0 fully saturated rings. The first-order valence-corrected chi connectivity index (χ1v) is 10.3. The first-order valence-electron chi connectivity index (χ1n) is 10.3. The third kappa shape index (κ3) is 5.31. The molecule has 0 saturated heterocycles. The summed E-state index contributed by atoms with van der Waals surface area (Å²) >= 11 is 0. The minimum Gasteiger partial charge on any atom is -0.497 e. The molecule has 4 rings (SSSR count). The van der Waals surface area contributed by atoms with Gasteiger partial charge in [-0.15, -0.1) is 0 Å². The van der Waals surface area contributed by atoms with Gasteiger partial charge in [0.15, 0.2) is 0 Å². The summed E-state index contributed by atoms with van der Waals surface area (Å²) in [6, 6.07) is 24.0. The molecule has 0 saturated carbocycles. The topological polar surface area (TPSA) is 89.3 Å². The van der Waals surface area contributed by atoms with Crippen LogP contribution in [0.4, 0.5) is 10.5 Å². The zero-order valence-electron chi connectivity index (χ0n) is 17.9. The molecule has 0 aliphatic heterocycles. The molecule has 1 atom stereocenters. The maximum absolute atomic E-state index is 12.7. The Hall–Kier alpha value is -4.13. The number of methoxy groups -OCH3 is 1. The number of aromatic nitrogens is 2. The molecule has 0 spiro atoms. The average molecular weight is 428 g/mol. The van der Waals surface area contributed by atoms with Gasteiger partial charge in [0.1, 0.15) is 11.8 Å². The quantitative estimate of drug-likeness (QED) is 0.424. The van der Waals surface area contributed by atoms with Crippen LogP contribution in [0.3, 0.4) is 0 Å². The molecule has 3 aromatic carbocycles. The van der Waals surface area contributed by atoms with Gasteiger partial charge in [0, 0.05) is 17.7 Å². The van der Waals surface area contributed by atoms with E-state index < -0.39 is 6.04 Å². The molecule has 2 N–H and O–H groups in total. The van der Waals surface area contributed by atoms with Gasteiger partial charge in [-0.2, -0.15) is 4.98 Å². The maximum Gasteiger partial charge on any atom is 0.319 e. The van der Waals surface area contributed by atoms with Gasteiger partial charge in [0.05, 0.1) is 7.11 Å². The van der Waals surface area contributed by atoms with Crippen LogP contribution in [-0.4, -0.2) is 23.3 Å². The third-order valence-corrected chi connectivity index (χ3v) is 4.95. The maximum atomic E-state index is 12.7. The van der Waals surface area contributed by atoms with E-state index in [9.17, 15) is 4.79 Å². The first kappa shape index (κ1) is 21.1. The number of amides is 2. The van der Waals surface area contributed by atoms with Gasteiger partial charge in [0.2, 0.25) is 11.7 Å². The Morgan fingerprint density at radius 2 is 1.81 bits per heavy atom. The summed E-state index contributed by atoms with van der Waals surface area (Å²) in [5, 5.41) is 9.92. The van der Waals surface area contributed by atoms with Crippen LogP contribution < -0.4 is 15.4 Å². The lowest BCUT2D eigenvalue weighted by Gasteiger charge is -2.16. The Bertz CT molecular complexity index is 1170. The summed E-state index contributed by atoms with van der Waals surface area (Å²) in [7, 11) is 1.60. The number of aryl methyl sites for hydroxylation is 1. The summed E-state index contributed by atoms with van der Waals surface area (Å²) in [5.74, 6) is 1.54. The molecule has 2 amide bonds. The van der Waals surface area contributed by atoms with Crippen LogP contribution in [0.25, 0.3) is 11.4 Å². The molecule has 7 nitrogen and oxygen atoms in total. The summed E-state index contributed by atoms with van der Waals surface area (Å²) in [6.45, 7) is 2.01. The second-order valence-corrected chi connectivity index (χ2v) is 7.39. The van der Waals surface area contributed by atoms with E-state index in [1.54, 1.807) is 31.4 Å². The molecule has 7 heteroatoms. The zero-order chi connectivity index (χ0) is 22.3. The number of nitrogens with one attached hydrogen (secondary N) is 2. The normalized spacial score (nSPS) is 11.6. The number of anilines is 1. The molecule has 0 bridgehead atoms. The Balaban J connectivity index is 1.54. The van der Waals surface area contributed by atoms with Crippen molar-refractivity contribution < 1.29 is 14.1 Å². The smallest absolute Gasteiger partial charge is 0.319 e. The molecule has 0 radical (unpaired) electrons. The summed E-state index contributed by atoms with van der Waals surface area (Å²) < 4.78 is 10.7. The van der Waals surface area contributed by atoms with Crippen LogP contribution in [0.2, 0.25) is 0 Å². The van der Waals surface area contributed by atoms with Crippen molar-refractivity contribution in [1.82, 2.24) is 15.5 Å². The van der Waals surface area contributed by atoms with Gasteiger partial charge in [-0.1, -0.05) is 59.3 Å². The van der Waals surface area contributed by atoms with Gasteiger partial charge >= 0.3 is 6.03 Å². The van der Waals surface area contributed by atoms with Crippen molar-refractivity contribution in [3.63, 3.8) is 0 Å². The van der Waals surface area contributed by atoms with E-state index in [-0.39, 0.29) is 6.03 Å². The molecule has 0 aliphatic rings. The minimum atomic E-state index is -0.498. The van der Waals surface area contributed by atoms with Crippen molar-refractivity contribution in [2.75, 3.05) is 12.4 Å². The number of urea groups is 1. The van der Waals surface area contributed by atoms with Crippen molar-refractivity contribution in [3.8, 4) is 17.1 Å². The summed E-state index contributed by atoms with van der Waals surface area (Å²) in [4.78, 5) is 17.3. The van der Waals surface area contributed by atoms with Crippen molar-refractivity contribution in [1.29, 1.82) is 0 Å². The number of benzene rings is 3. The van der Waals surface area contributed by atoms with Crippen LogP contribution in [0.5, 0.6) is 5.75 Å². The van der Waals surface area contributed by atoms with Crippen LogP contribution in [-0.2, 0) is 6.42 Å². The number of carbonyl (C=O) groups excluding carboxylic acids is 1. The number of hydrogen-bond acceptors (Lipinski definition) is 5. The van der Waals surface area contributed by atoms with Crippen molar-refractivity contribution in [3.05, 3.63) is 95.9 Å². The van der Waals surface area contributed by atoms with E-state index in [0.717, 1.165) is 16.7 Å². The number of nitrogens with zero attached hydrogens (tertiary/aromatic N) is 2. The predicted octanol–water partition coefficient (Wildman–Crippen LogP) is 5.16. The highest BCUT2D eigenvalue weighted by atomic mass is 16.5. The van der Waals surface area contributed by atoms with E-state index in [2.05, 4.69) is 20.8 Å². The van der Waals surface area contributed by atoms with Gasteiger partial charge in [-0.3, -0.25) is 0 Å². The van der Waals surface area contributed by atoms with Crippen LogP contribution >= 0.6 is 0 Å². The molecule has 32 heavy (non-hydrogen) atoms. The standard InChI is InChI=1S/C25H24N4O3/c1-17-7-6-10-19(15-17)23-28-24(32-29-23)22(16-18-8-4-3-5-9-18)27-25(30)26-20-11-13-21(31-2)14-12-20/h3-15,22H,16H2,1-2H3,(H2,26,27,30). The number of hydrogen-bond donors (Lipinski definition) is 2. The highest BCUT2D eigenvalue weighted by Crippen LogP contribution is 2.23. The van der Waals surface area contributed by atoms with Crippen LogP contribution in [0, 0.1) is 6.92 Å². The number of carbonyl (C=O) groups is 1. The average Bonchev–Trinajstić information content (AvgIpc) is 3.30. The highest BCUT2D eigenvalue weighted by molar-refractivity contribution is 5.89. The van der Waals surface area contributed by atoms with E-state index in [0.29, 0.717) is 29.6 Å². The molecular formula is C25H24N4O3. The van der Waals surface area contributed by atoms with Crippen LogP contribution in [0.1, 0.15) is 23.1 Å². The van der Waals surface area contributed by atoms with Crippen molar-refractivity contribution in [2.45, 2.75) is 19.4 Å². The second kappa shape index (κ2) is 9.78. The Labute approximate surface area is 186 Å². The minimum absolute atomic E-state index is 0.343. The number of rotatable bonds is 7. The first-order chi connectivity index (χ1) is 15.6. The highest BCUT2D eigenvalue weighted by Gasteiger charge is 2.22. The number of ether oxygens (including phenoxy) is 1. The van der Waals surface area contributed by atoms with Crippen molar-refractivity contribution >= 4 is 11.7 Å². The van der Waals surface area contributed by atoms with E-state index in [1.165, 1.54) is 0 Å². The lowest BCUT2D eigenvalue weighted by molar-refractivity contribution is 0.243. The Morgan fingerprint density at radius 3 is 2.53 bits per heavy atom. The largest absolute Gasteiger partial charge is 0.497 e. The molecule has 162 valence electrons. The fourth-order valence-corrected chi connectivity index (χ4v) is 3.33. The molecule has 1 heterocycles. The van der Waals surface area contributed by atoms with Gasteiger partial charge in [0.25, 0.3) is 0 Å².